The van der Waals surface area contributed by atoms with E-state index in [9.17, 15) is 43.8 Å². The molecule has 5 atom stereocenters. The summed E-state index contributed by atoms with van der Waals surface area (Å²) in [6.45, 7) is 3.55. The summed E-state index contributed by atoms with van der Waals surface area (Å²) in [5.74, 6) is -4.83. The van der Waals surface area contributed by atoms with Gasteiger partial charge in [-0.2, -0.15) is 4.39 Å². The van der Waals surface area contributed by atoms with Crippen molar-refractivity contribution >= 4 is 47.0 Å². The zero-order valence-corrected chi connectivity index (χ0v) is 20.6. The van der Waals surface area contributed by atoms with Crippen molar-refractivity contribution in [1.82, 2.24) is 0 Å². The number of nitro groups is 2. The molecule has 2 rings (SSSR count). The van der Waals surface area contributed by atoms with Gasteiger partial charge in [0.05, 0.1) is 20.8 Å². The molecule has 17 heteroatoms. The lowest BCUT2D eigenvalue weighted by Gasteiger charge is -2.44. The lowest BCUT2D eigenvalue weighted by Crippen LogP contribution is -2.61. The Bertz CT molecular complexity index is 1110. The number of carbonyl (C=O) groups excluding carboxylic acids is 4. The maximum absolute atomic E-state index is 14.4. The first-order valence-corrected chi connectivity index (χ1v) is 11.2. The minimum absolute atomic E-state index is 0.406. The van der Waals surface area contributed by atoms with Crippen LogP contribution in [0.4, 0.5) is 15.8 Å². The monoisotopic (exact) mass is 548 g/mol. The van der Waals surface area contributed by atoms with Gasteiger partial charge in [0, 0.05) is 33.8 Å². The van der Waals surface area contributed by atoms with Crippen LogP contribution in [0.5, 0.6) is 0 Å². The van der Waals surface area contributed by atoms with Gasteiger partial charge in [-0.15, -0.1) is 0 Å². The molecule has 0 saturated carbocycles. The molecule has 0 N–H and O–H groups in total. The molecule has 0 spiro atoms. The van der Waals surface area contributed by atoms with E-state index in [0.717, 1.165) is 27.7 Å². The normalized spacial score (nSPS) is 22.9. The number of esters is 4. The van der Waals surface area contributed by atoms with Crippen molar-refractivity contribution in [3.8, 4) is 0 Å². The average Bonchev–Trinajstić information content (AvgIpc) is 2.75. The van der Waals surface area contributed by atoms with Gasteiger partial charge in [0.25, 0.3) is 5.69 Å². The first kappa shape index (κ1) is 29.4. The van der Waals surface area contributed by atoms with Crippen LogP contribution in [-0.4, -0.2) is 70.2 Å². The Labute approximate surface area is 211 Å². The van der Waals surface area contributed by atoms with Crippen LogP contribution in [0.1, 0.15) is 27.7 Å². The maximum atomic E-state index is 14.4. The number of carbonyl (C=O) groups is 4. The zero-order chi connectivity index (χ0) is 28.0. The van der Waals surface area contributed by atoms with E-state index in [4.69, 9.17) is 23.7 Å². The molecule has 202 valence electrons. The molecular formula is C20H21FN2O13S. The number of benzene rings is 1. The van der Waals surface area contributed by atoms with E-state index in [0.29, 0.717) is 23.9 Å². The molecule has 1 fully saturated rings. The predicted molar refractivity (Wildman–Crippen MR) is 118 cm³/mol. The molecule has 0 amide bonds. The molecular weight excluding hydrogens is 527 g/mol. The molecule has 0 radical (unpaired) electrons. The highest BCUT2D eigenvalue weighted by Crippen LogP contribution is 2.42. The van der Waals surface area contributed by atoms with Crippen molar-refractivity contribution in [2.75, 3.05) is 6.61 Å². The largest absolute Gasteiger partial charge is 0.463 e. The summed E-state index contributed by atoms with van der Waals surface area (Å²) in [7, 11) is 0. The van der Waals surface area contributed by atoms with Crippen LogP contribution in [-0.2, 0) is 42.9 Å². The molecule has 1 saturated heterocycles. The third-order valence-corrected chi connectivity index (χ3v) is 5.81. The number of nitrogens with zero attached hydrogens (tertiary/aromatic N) is 2. The summed E-state index contributed by atoms with van der Waals surface area (Å²) < 4.78 is 40.8. The standard InChI is InChI=1S/C20H21FN2O13S/c1-8(24)32-7-15-17(33-9(2)25)18(34-10(3)26)19(35-11(4)27)20(36-15)37-16-5-12(21)13(22(28)29)6-14(16)23(30)31/h5-6,15,17-20H,7H2,1-4H3/t15-,17+,18+,19-,20+/m1/s1. The van der Waals surface area contributed by atoms with E-state index in [-0.39, 0.29) is 0 Å². The van der Waals surface area contributed by atoms with Crippen molar-refractivity contribution in [2.24, 2.45) is 0 Å². The fraction of sp³-hybridized carbons (Fsp3) is 0.500. The highest BCUT2D eigenvalue weighted by Gasteiger charge is 2.53. The molecule has 15 nitrogen and oxygen atoms in total. The smallest absolute Gasteiger partial charge is 0.311 e. The minimum atomic E-state index is -1.58. The first-order chi connectivity index (χ1) is 17.2. The number of halogens is 1. The molecule has 37 heavy (non-hydrogen) atoms. The van der Waals surface area contributed by atoms with Gasteiger partial charge in [-0.3, -0.25) is 39.4 Å². The van der Waals surface area contributed by atoms with Gasteiger partial charge in [-0.05, 0) is 0 Å². The third-order valence-electron chi connectivity index (χ3n) is 4.61. The summed E-state index contributed by atoms with van der Waals surface area (Å²) in [5.41, 5.74) is -3.52. The number of thioether (sulfide) groups is 1. The SMILES string of the molecule is CC(=O)OC[C@H]1O[C@@H](Sc2cc(F)c([N+](=O)[O-])cc2[N+](=O)[O-])[C@H](OC(C)=O)[C@@H](OC(C)=O)[C@H]1OC(C)=O. The van der Waals surface area contributed by atoms with Crippen LogP contribution in [0.15, 0.2) is 17.0 Å². The van der Waals surface area contributed by atoms with Gasteiger partial charge in [0.1, 0.15) is 18.1 Å². The highest BCUT2D eigenvalue weighted by molar-refractivity contribution is 8.00. The predicted octanol–water partition coefficient (Wildman–Crippen LogP) is 1.82. The summed E-state index contributed by atoms with van der Waals surface area (Å²) in [6, 6.07) is 0.929. The van der Waals surface area contributed by atoms with E-state index < -0.39 is 92.3 Å². The molecule has 1 aromatic rings. The Kier molecular flexibility index (Phi) is 9.84. The van der Waals surface area contributed by atoms with Gasteiger partial charge in [-0.1, -0.05) is 11.8 Å². The van der Waals surface area contributed by atoms with Crippen LogP contribution in [0.25, 0.3) is 0 Å². The molecule has 1 heterocycles. The van der Waals surface area contributed by atoms with Crippen LogP contribution in [0.2, 0.25) is 0 Å². The summed E-state index contributed by atoms with van der Waals surface area (Å²) >= 11 is 0.418. The molecule has 1 aliphatic heterocycles. The Morgan fingerprint density at radius 2 is 1.38 bits per heavy atom. The third kappa shape index (κ3) is 7.81. The van der Waals surface area contributed by atoms with Crippen molar-refractivity contribution in [3.05, 3.63) is 38.2 Å². The quantitative estimate of drug-likeness (QED) is 0.187. The van der Waals surface area contributed by atoms with Crippen LogP contribution < -0.4 is 0 Å². The van der Waals surface area contributed by atoms with Crippen molar-refractivity contribution in [3.63, 3.8) is 0 Å². The number of hydrogen-bond donors (Lipinski definition) is 0. The van der Waals surface area contributed by atoms with Crippen molar-refractivity contribution < 1.29 is 57.1 Å². The summed E-state index contributed by atoms with van der Waals surface area (Å²) in [4.78, 5) is 66.9. The van der Waals surface area contributed by atoms with Gasteiger partial charge >= 0.3 is 29.6 Å². The van der Waals surface area contributed by atoms with Gasteiger partial charge in [0.2, 0.25) is 5.82 Å². The Hall–Kier alpha value is -3.86. The average molecular weight is 548 g/mol. The Morgan fingerprint density at radius 1 is 0.865 bits per heavy atom. The molecule has 1 aromatic carbocycles. The summed E-state index contributed by atoms with van der Waals surface area (Å²) in [6.07, 6.45) is -5.95. The summed E-state index contributed by atoms with van der Waals surface area (Å²) in [5, 5.41) is 22.6. The topological polar surface area (TPSA) is 201 Å². The van der Waals surface area contributed by atoms with Gasteiger partial charge in [-0.25, -0.2) is 0 Å². The number of nitro benzene ring substituents is 2. The second kappa shape index (κ2) is 12.4. The number of rotatable bonds is 9. The van der Waals surface area contributed by atoms with Crippen LogP contribution in [0, 0.1) is 26.0 Å². The number of hydrogen-bond acceptors (Lipinski definition) is 14. The highest BCUT2D eigenvalue weighted by atomic mass is 32.2. The molecule has 0 aromatic heterocycles. The minimum Gasteiger partial charge on any atom is -0.463 e. The lowest BCUT2D eigenvalue weighted by molar-refractivity contribution is -0.397. The van der Waals surface area contributed by atoms with Crippen LogP contribution >= 0.6 is 11.8 Å². The maximum Gasteiger partial charge on any atom is 0.311 e. The first-order valence-electron chi connectivity index (χ1n) is 10.3. The van der Waals surface area contributed by atoms with Gasteiger partial charge < -0.3 is 23.7 Å². The van der Waals surface area contributed by atoms with Crippen LogP contribution in [0.3, 0.4) is 0 Å². The molecule has 0 unspecified atom stereocenters. The second-order valence-corrected chi connectivity index (χ2v) is 8.61. The number of ether oxygens (including phenoxy) is 5. The van der Waals surface area contributed by atoms with Crippen molar-refractivity contribution in [1.29, 1.82) is 0 Å². The van der Waals surface area contributed by atoms with Gasteiger partial charge in [0.15, 0.2) is 18.3 Å². The van der Waals surface area contributed by atoms with E-state index in [1.54, 1.807) is 0 Å². The van der Waals surface area contributed by atoms with E-state index in [1.807, 2.05) is 0 Å². The Balaban J connectivity index is 2.62. The lowest BCUT2D eigenvalue weighted by atomic mass is 9.99. The fourth-order valence-electron chi connectivity index (χ4n) is 3.32. The Morgan fingerprint density at radius 3 is 1.86 bits per heavy atom. The second-order valence-electron chi connectivity index (χ2n) is 7.47. The molecule has 0 bridgehead atoms. The van der Waals surface area contributed by atoms with E-state index in [2.05, 4.69) is 0 Å². The zero-order valence-electron chi connectivity index (χ0n) is 19.7. The van der Waals surface area contributed by atoms with E-state index >= 15 is 0 Å². The molecule has 0 aliphatic carbocycles. The van der Waals surface area contributed by atoms with E-state index in [1.165, 1.54) is 0 Å². The molecule has 1 aliphatic rings. The fourth-order valence-corrected chi connectivity index (χ4v) is 4.54. The van der Waals surface area contributed by atoms with Crippen molar-refractivity contribution in [2.45, 2.75) is 62.4 Å².